The molecule has 2 heterocycles. The molecule has 2 aliphatic rings. The fourth-order valence-electron chi connectivity index (χ4n) is 5.81. The Morgan fingerprint density at radius 1 is 0.900 bits per heavy atom. The predicted molar refractivity (Wildman–Crippen MR) is 122 cm³/mol. The van der Waals surface area contributed by atoms with E-state index in [4.69, 9.17) is 4.98 Å². The highest BCUT2D eigenvalue weighted by Crippen LogP contribution is 2.62. The lowest BCUT2D eigenvalue weighted by molar-refractivity contribution is 0.388. The monoisotopic (exact) mass is 402 g/mol. The number of aromatic nitrogens is 4. The van der Waals surface area contributed by atoms with Crippen molar-refractivity contribution in [3.8, 4) is 11.3 Å². The average molecular weight is 403 g/mol. The molecule has 2 saturated carbocycles. The number of nitrogens with zero attached hydrogens (tertiary/aromatic N) is 2. The lowest BCUT2D eigenvalue weighted by atomic mass is 9.77. The van der Waals surface area contributed by atoms with Gasteiger partial charge in [-0.1, -0.05) is 52.0 Å². The van der Waals surface area contributed by atoms with E-state index in [1.54, 1.807) is 0 Å². The normalized spacial score (nSPS) is 26.6. The van der Waals surface area contributed by atoms with Gasteiger partial charge in [0, 0.05) is 29.6 Å². The maximum Gasteiger partial charge on any atom is 0.109 e. The second-order valence-corrected chi connectivity index (χ2v) is 10.1. The Labute approximate surface area is 180 Å². The van der Waals surface area contributed by atoms with E-state index in [1.807, 2.05) is 6.20 Å². The molecule has 4 nitrogen and oxygen atoms in total. The fourth-order valence-corrected chi connectivity index (χ4v) is 5.81. The van der Waals surface area contributed by atoms with Crippen LogP contribution in [0, 0.1) is 5.92 Å². The van der Waals surface area contributed by atoms with E-state index in [0.29, 0.717) is 22.7 Å². The van der Waals surface area contributed by atoms with E-state index in [-0.39, 0.29) is 0 Å². The number of aromatic amines is 2. The fraction of sp³-hybridized carbons (Fsp3) is 0.538. The third kappa shape index (κ3) is 3.03. The highest BCUT2D eigenvalue weighted by atomic mass is 14.9. The number of rotatable bonds is 6. The third-order valence-electron chi connectivity index (χ3n) is 8.21. The number of imidazole rings is 2. The van der Waals surface area contributed by atoms with Crippen LogP contribution in [0.2, 0.25) is 0 Å². The van der Waals surface area contributed by atoms with Gasteiger partial charge in [0.1, 0.15) is 11.6 Å². The van der Waals surface area contributed by atoms with Gasteiger partial charge in [-0.3, -0.25) is 0 Å². The molecular formula is C26H34N4. The quantitative estimate of drug-likeness (QED) is 0.510. The topological polar surface area (TPSA) is 57.4 Å². The van der Waals surface area contributed by atoms with Crippen molar-refractivity contribution in [3.05, 3.63) is 59.6 Å². The first-order valence-electron chi connectivity index (χ1n) is 11.6. The van der Waals surface area contributed by atoms with Gasteiger partial charge in [-0.05, 0) is 54.6 Å². The molecule has 0 saturated heterocycles. The van der Waals surface area contributed by atoms with Gasteiger partial charge in [-0.2, -0.15) is 0 Å². The van der Waals surface area contributed by atoms with Crippen molar-refractivity contribution in [2.24, 2.45) is 5.92 Å². The predicted octanol–water partition coefficient (Wildman–Crippen LogP) is 6.28. The lowest BCUT2D eigenvalue weighted by Gasteiger charge is -2.28. The molecular weight excluding hydrogens is 368 g/mol. The minimum atomic E-state index is 0.292. The Bertz CT molecular complexity index is 1020. The Kier molecular flexibility index (Phi) is 4.64. The maximum absolute atomic E-state index is 4.78. The van der Waals surface area contributed by atoms with Crippen LogP contribution in [0.15, 0.2) is 36.7 Å². The number of benzene rings is 1. The van der Waals surface area contributed by atoms with E-state index in [9.17, 15) is 0 Å². The number of hydrogen-bond donors (Lipinski definition) is 2. The molecule has 0 aliphatic heterocycles. The lowest BCUT2D eigenvalue weighted by Crippen LogP contribution is -2.20. The molecule has 1 unspecified atom stereocenters. The summed E-state index contributed by atoms with van der Waals surface area (Å²) in [6, 6.07) is 9.27. The molecule has 1 atom stereocenters. The third-order valence-corrected chi connectivity index (χ3v) is 8.21. The zero-order valence-electron chi connectivity index (χ0n) is 18.8. The molecule has 0 spiro atoms. The van der Waals surface area contributed by atoms with Crippen LogP contribution >= 0.6 is 0 Å². The van der Waals surface area contributed by atoms with E-state index < -0.39 is 0 Å². The molecule has 2 fully saturated rings. The summed E-state index contributed by atoms with van der Waals surface area (Å²) in [5.41, 5.74) is 5.86. The van der Waals surface area contributed by atoms with Crippen LogP contribution in [-0.2, 0) is 17.3 Å². The average Bonchev–Trinajstić information content (AvgIpc) is 3.56. The van der Waals surface area contributed by atoms with Crippen molar-refractivity contribution < 1.29 is 0 Å². The molecule has 1 aromatic carbocycles. The highest BCUT2D eigenvalue weighted by Gasteiger charge is 2.56. The maximum atomic E-state index is 4.78. The summed E-state index contributed by atoms with van der Waals surface area (Å²) < 4.78 is 0. The molecule has 4 heteroatoms. The Hall–Kier alpha value is -2.36. The van der Waals surface area contributed by atoms with Gasteiger partial charge in [-0.25, -0.2) is 9.97 Å². The van der Waals surface area contributed by atoms with E-state index in [1.165, 1.54) is 48.9 Å². The Morgan fingerprint density at radius 3 is 2.23 bits per heavy atom. The van der Waals surface area contributed by atoms with Crippen molar-refractivity contribution in [3.63, 3.8) is 0 Å². The summed E-state index contributed by atoms with van der Waals surface area (Å²) in [6.07, 6.45) is 11.4. The highest BCUT2D eigenvalue weighted by molar-refractivity contribution is 5.59. The number of nitrogens with one attached hydrogen (secondary N) is 2. The summed E-state index contributed by atoms with van der Waals surface area (Å²) in [5.74, 6) is 3.30. The van der Waals surface area contributed by atoms with Crippen molar-refractivity contribution in [1.29, 1.82) is 0 Å². The molecule has 2 bridgehead atoms. The zero-order valence-corrected chi connectivity index (χ0v) is 18.8. The first kappa shape index (κ1) is 19.6. The minimum absolute atomic E-state index is 0.292. The molecule has 3 aromatic rings. The summed E-state index contributed by atoms with van der Waals surface area (Å²) in [7, 11) is 0. The van der Waals surface area contributed by atoms with Gasteiger partial charge in [-0.15, -0.1) is 0 Å². The van der Waals surface area contributed by atoms with Crippen molar-refractivity contribution in [2.75, 3.05) is 0 Å². The smallest absolute Gasteiger partial charge is 0.109 e. The summed E-state index contributed by atoms with van der Waals surface area (Å²) in [4.78, 5) is 16.4. The van der Waals surface area contributed by atoms with Gasteiger partial charge in [0.2, 0.25) is 0 Å². The summed E-state index contributed by atoms with van der Waals surface area (Å²) >= 11 is 0. The van der Waals surface area contributed by atoms with Crippen LogP contribution in [0.4, 0.5) is 0 Å². The molecule has 5 rings (SSSR count). The first-order chi connectivity index (χ1) is 14.4. The van der Waals surface area contributed by atoms with Gasteiger partial charge >= 0.3 is 0 Å². The van der Waals surface area contributed by atoms with Crippen molar-refractivity contribution in [2.45, 2.75) is 83.0 Å². The molecule has 2 aliphatic carbocycles. The van der Waals surface area contributed by atoms with Crippen LogP contribution in [0.5, 0.6) is 0 Å². The minimum Gasteiger partial charge on any atom is -0.345 e. The molecule has 158 valence electrons. The van der Waals surface area contributed by atoms with E-state index in [2.05, 4.69) is 73.1 Å². The number of fused-ring (bicyclic) bond motifs is 2. The molecule has 30 heavy (non-hydrogen) atoms. The van der Waals surface area contributed by atoms with Crippen LogP contribution in [0.1, 0.15) is 88.6 Å². The zero-order chi connectivity index (χ0) is 20.9. The molecule has 2 N–H and O–H groups in total. The largest absolute Gasteiger partial charge is 0.345 e. The number of hydrogen-bond acceptors (Lipinski definition) is 2. The second-order valence-electron chi connectivity index (χ2n) is 10.1. The van der Waals surface area contributed by atoms with Crippen LogP contribution in [0.3, 0.4) is 0 Å². The van der Waals surface area contributed by atoms with E-state index in [0.717, 1.165) is 23.8 Å². The number of H-pyrrole nitrogens is 2. The molecule has 2 aromatic heterocycles. The first-order valence-corrected chi connectivity index (χ1v) is 11.6. The van der Waals surface area contributed by atoms with Crippen molar-refractivity contribution >= 4 is 0 Å². The molecule has 0 amide bonds. The summed E-state index contributed by atoms with van der Waals surface area (Å²) in [5, 5.41) is 0. The Balaban J connectivity index is 1.37. The van der Waals surface area contributed by atoms with Gasteiger partial charge < -0.3 is 9.97 Å². The van der Waals surface area contributed by atoms with Crippen LogP contribution in [-0.4, -0.2) is 19.9 Å². The van der Waals surface area contributed by atoms with Gasteiger partial charge in [0.05, 0.1) is 11.9 Å². The molecule has 0 radical (unpaired) electrons. The van der Waals surface area contributed by atoms with Gasteiger partial charge in [0.15, 0.2) is 0 Å². The Morgan fingerprint density at radius 2 is 1.60 bits per heavy atom. The van der Waals surface area contributed by atoms with Crippen LogP contribution in [0.25, 0.3) is 11.3 Å². The van der Waals surface area contributed by atoms with Gasteiger partial charge in [0.25, 0.3) is 0 Å². The summed E-state index contributed by atoms with van der Waals surface area (Å²) in [6.45, 7) is 8.96. The van der Waals surface area contributed by atoms with E-state index >= 15 is 0 Å². The van der Waals surface area contributed by atoms with Crippen molar-refractivity contribution in [1.82, 2.24) is 19.9 Å². The second kappa shape index (κ2) is 7.11. The number of aryl methyl sites for hydroxylation is 1. The van der Waals surface area contributed by atoms with Crippen LogP contribution < -0.4 is 0 Å². The standard InChI is InChI=1S/C26H34N4/c1-5-23-27-14-21(29-23)19-6-8-20(9-7-19)25-10-12-26(16-25,13-11-25)22-15-28-24(30-22)18(4)17(2)3/h6-9,14-15,17-18H,5,10-13,16H2,1-4H3,(H,27,29)(H,28,30). The SMILES string of the molecule is CCc1ncc(-c2ccc(C34CCC(c5cnc(C(C)C(C)C)[nH]5)(CC3)C4)cc2)[nH]1.